The molecule has 0 N–H and O–H groups in total. The lowest BCUT2D eigenvalue weighted by Gasteiger charge is -2.00. The molecule has 3 rings (SSSR count). The van der Waals surface area contributed by atoms with Crippen molar-refractivity contribution in [2.24, 2.45) is 0 Å². The Morgan fingerprint density at radius 2 is 2.07 bits per heavy atom. The third-order valence-electron chi connectivity index (χ3n) is 3.11. The molecule has 0 saturated carbocycles. The van der Waals surface area contributed by atoms with E-state index in [-0.39, 0.29) is 0 Å². The van der Waals surface area contributed by atoms with Crippen molar-refractivity contribution >= 4 is 21.6 Å². The number of hydrogen-bond donors (Lipinski definition) is 0. The van der Waals surface area contributed by atoms with Crippen LogP contribution in [0.3, 0.4) is 0 Å². The first-order valence-electron chi connectivity index (χ1n) is 5.50. The Hall–Kier alpha value is -0.830. The highest BCUT2D eigenvalue weighted by Gasteiger charge is 2.15. The van der Waals surface area contributed by atoms with Crippen LogP contribution in [0.15, 0.2) is 22.8 Å². The summed E-state index contributed by atoms with van der Waals surface area (Å²) in [6.07, 6.45) is 8.36. The largest absolute Gasteiger partial charge is 0.303 e. The molecule has 1 aliphatic carbocycles. The number of rotatable bonds is 0. The van der Waals surface area contributed by atoms with Gasteiger partial charge in [-0.05, 0) is 53.7 Å². The van der Waals surface area contributed by atoms with E-state index >= 15 is 0 Å². The fourth-order valence-electron chi connectivity index (χ4n) is 2.36. The lowest BCUT2D eigenvalue weighted by Crippen LogP contribution is -1.93. The maximum absolute atomic E-state index is 4.73. The molecule has 1 aliphatic rings. The third-order valence-corrected chi connectivity index (χ3v) is 3.73. The van der Waals surface area contributed by atoms with E-state index in [1.807, 2.05) is 0 Å². The number of aryl methyl sites for hydroxylation is 2. The van der Waals surface area contributed by atoms with E-state index in [4.69, 9.17) is 4.98 Å². The quantitative estimate of drug-likeness (QED) is 0.667. The van der Waals surface area contributed by atoms with Gasteiger partial charge in [0.25, 0.3) is 0 Å². The van der Waals surface area contributed by atoms with E-state index in [1.54, 1.807) is 0 Å². The van der Waals surface area contributed by atoms with Gasteiger partial charge in [0.1, 0.15) is 0 Å². The van der Waals surface area contributed by atoms with Gasteiger partial charge in [-0.3, -0.25) is 0 Å². The summed E-state index contributed by atoms with van der Waals surface area (Å²) in [6.45, 7) is 0. The SMILES string of the molecule is Brc1cccn2c3c(nc12)CCCCC3. The minimum absolute atomic E-state index is 1.07. The Kier molecular flexibility index (Phi) is 2.28. The number of aromatic nitrogens is 2. The molecule has 0 bridgehead atoms. The Morgan fingerprint density at radius 3 is 3.00 bits per heavy atom. The smallest absolute Gasteiger partial charge is 0.151 e. The molecule has 0 saturated heterocycles. The first-order chi connectivity index (χ1) is 7.36. The Labute approximate surface area is 97.5 Å². The molecule has 0 aliphatic heterocycles. The first kappa shape index (κ1) is 9.40. The van der Waals surface area contributed by atoms with Crippen LogP contribution in [0.4, 0.5) is 0 Å². The van der Waals surface area contributed by atoms with Crippen LogP contribution in [0.1, 0.15) is 30.7 Å². The van der Waals surface area contributed by atoms with Gasteiger partial charge >= 0.3 is 0 Å². The van der Waals surface area contributed by atoms with Crippen LogP contribution in [-0.4, -0.2) is 9.38 Å². The summed E-state index contributed by atoms with van der Waals surface area (Å²) in [5, 5.41) is 0. The molecule has 0 aromatic carbocycles. The fraction of sp³-hybridized carbons (Fsp3) is 0.417. The highest BCUT2D eigenvalue weighted by molar-refractivity contribution is 9.10. The zero-order chi connectivity index (χ0) is 10.3. The predicted molar refractivity (Wildman–Crippen MR) is 64.2 cm³/mol. The maximum atomic E-state index is 4.73. The lowest BCUT2D eigenvalue weighted by atomic mass is 10.2. The second-order valence-corrected chi connectivity index (χ2v) is 4.97. The molecule has 0 amide bonds. The number of pyridine rings is 1. The van der Waals surface area contributed by atoms with E-state index in [2.05, 4.69) is 38.7 Å². The van der Waals surface area contributed by atoms with Gasteiger partial charge in [-0.15, -0.1) is 0 Å². The van der Waals surface area contributed by atoms with Gasteiger partial charge < -0.3 is 4.40 Å². The van der Waals surface area contributed by atoms with Gasteiger partial charge in [-0.1, -0.05) is 6.42 Å². The van der Waals surface area contributed by atoms with Crippen molar-refractivity contribution in [2.45, 2.75) is 32.1 Å². The fourth-order valence-corrected chi connectivity index (χ4v) is 2.79. The normalized spacial score (nSPS) is 16.3. The summed E-state index contributed by atoms with van der Waals surface area (Å²) in [6, 6.07) is 4.13. The van der Waals surface area contributed by atoms with Gasteiger partial charge in [0.2, 0.25) is 0 Å². The Balaban J connectivity index is 2.28. The topological polar surface area (TPSA) is 17.3 Å². The molecule has 0 atom stereocenters. The minimum atomic E-state index is 1.07. The number of fused-ring (bicyclic) bond motifs is 3. The highest BCUT2D eigenvalue weighted by atomic mass is 79.9. The molecule has 3 heteroatoms. The summed E-state index contributed by atoms with van der Waals surface area (Å²) < 4.78 is 3.34. The predicted octanol–water partition coefficient (Wildman–Crippen LogP) is 3.37. The Morgan fingerprint density at radius 1 is 1.20 bits per heavy atom. The van der Waals surface area contributed by atoms with Crippen molar-refractivity contribution in [3.8, 4) is 0 Å². The molecule has 2 aromatic rings. The summed E-state index contributed by atoms with van der Waals surface area (Å²) in [4.78, 5) is 4.73. The summed E-state index contributed by atoms with van der Waals surface area (Å²) in [5.41, 5.74) is 3.80. The minimum Gasteiger partial charge on any atom is -0.303 e. The zero-order valence-electron chi connectivity index (χ0n) is 8.54. The van der Waals surface area contributed by atoms with Crippen LogP contribution in [0.5, 0.6) is 0 Å². The third kappa shape index (κ3) is 1.49. The van der Waals surface area contributed by atoms with Crippen LogP contribution < -0.4 is 0 Å². The number of halogens is 1. The first-order valence-corrected chi connectivity index (χ1v) is 6.30. The van der Waals surface area contributed by atoms with E-state index in [0.717, 1.165) is 16.5 Å². The molecule has 2 aromatic heterocycles. The van der Waals surface area contributed by atoms with E-state index in [1.165, 1.54) is 37.1 Å². The van der Waals surface area contributed by atoms with Crippen LogP contribution in [-0.2, 0) is 12.8 Å². The molecule has 78 valence electrons. The lowest BCUT2D eigenvalue weighted by molar-refractivity contribution is 0.701. The van der Waals surface area contributed by atoms with Gasteiger partial charge in [-0.2, -0.15) is 0 Å². The van der Waals surface area contributed by atoms with Crippen LogP contribution in [0, 0.1) is 0 Å². The van der Waals surface area contributed by atoms with Crippen molar-refractivity contribution < 1.29 is 0 Å². The molecular formula is C12H13BrN2. The summed E-state index contributed by atoms with van der Waals surface area (Å²) in [7, 11) is 0. The van der Waals surface area contributed by atoms with Crippen molar-refractivity contribution in [1.29, 1.82) is 0 Å². The van der Waals surface area contributed by atoms with Crippen molar-refractivity contribution in [3.05, 3.63) is 34.2 Å². The molecule has 0 unspecified atom stereocenters. The Bertz CT molecular complexity index is 502. The molecule has 0 radical (unpaired) electrons. The van der Waals surface area contributed by atoms with E-state index in [0.29, 0.717) is 0 Å². The maximum Gasteiger partial charge on any atom is 0.151 e. The molecule has 15 heavy (non-hydrogen) atoms. The summed E-state index contributed by atoms with van der Waals surface area (Å²) in [5.74, 6) is 0. The molecule has 0 spiro atoms. The average molecular weight is 265 g/mol. The van der Waals surface area contributed by atoms with Crippen LogP contribution in [0.25, 0.3) is 5.65 Å². The molecule has 2 heterocycles. The average Bonchev–Trinajstić information content (AvgIpc) is 2.45. The van der Waals surface area contributed by atoms with Gasteiger partial charge in [0, 0.05) is 11.9 Å². The number of imidazole rings is 1. The standard InChI is InChI=1S/C12H13BrN2/c13-9-5-4-8-15-11-7-3-1-2-6-10(11)14-12(9)15/h4-5,8H,1-3,6-7H2. The molecular weight excluding hydrogens is 252 g/mol. The van der Waals surface area contributed by atoms with Crippen molar-refractivity contribution in [2.75, 3.05) is 0 Å². The highest BCUT2D eigenvalue weighted by Crippen LogP contribution is 2.25. The van der Waals surface area contributed by atoms with Crippen molar-refractivity contribution in [3.63, 3.8) is 0 Å². The monoisotopic (exact) mass is 264 g/mol. The van der Waals surface area contributed by atoms with Crippen LogP contribution >= 0.6 is 15.9 Å². The second kappa shape index (κ2) is 3.63. The number of hydrogen-bond acceptors (Lipinski definition) is 1. The van der Waals surface area contributed by atoms with Gasteiger partial charge in [0.15, 0.2) is 5.65 Å². The van der Waals surface area contributed by atoms with Gasteiger partial charge in [-0.25, -0.2) is 4.98 Å². The molecule has 2 nitrogen and oxygen atoms in total. The van der Waals surface area contributed by atoms with E-state index < -0.39 is 0 Å². The zero-order valence-corrected chi connectivity index (χ0v) is 10.1. The van der Waals surface area contributed by atoms with Crippen LogP contribution in [0.2, 0.25) is 0 Å². The van der Waals surface area contributed by atoms with Gasteiger partial charge in [0.05, 0.1) is 10.2 Å². The van der Waals surface area contributed by atoms with Crippen molar-refractivity contribution in [1.82, 2.24) is 9.38 Å². The summed E-state index contributed by atoms with van der Waals surface area (Å²) >= 11 is 3.56. The number of nitrogens with zero attached hydrogens (tertiary/aromatic N) is 2. The molecule has 0 fully saturated rings. The van der Waals surface area contributed by atoms with E-state index in [9.17, 15) is 0 Å². The second-order valence-electron chi connectivity index (χ2n) is 4.12.